The van der Waals surface area contributed by atoms with Crippen molar-refractivity contribution in [2.24, 2.45) is 0 Å². The van der Waals surface area contributed by atoms with Crippen LogP contribution in [0.25, 0.3) is 0 Å². The number of benzene rings is 2. The fraction of sp³-hybridized carbons (Fsp3) is 0.350. The van der Waals surface area contributed by atoms with E-state index in [2.05, 4.69) is 0 Å². The number of carbonyl (C=O) groups excluding carboxylic acids is 1. The number of hydrogen-bond donors (Lipinski definition) is 7. The molecule has 0 aliphatic carbocycles. The molecule has 1 aliphatic heterocycles. The summed E-state index contributed by atoms with van der Waals surface area (Å²) in [4.78, 5) is 12.2. The first-order valence-corrected chi connectivity index (χ1v) is 9.20. The number of aromatic hydroxyl groups is 3. The van der Waals surface area contributed by atoms with Gasteiger partial charge in [-0.2, -0.15) is 0 Å². The summed E-state index contributed by atoms with van der Waals surface area (Å²) in [5, 5.41) is 68.2. The molecule has 0 spiro atoms. The normalized spacial score (nSPS) is 25.7. The molecule has 0 aromatic heterocycles. The van der Waals surface area contributed by atoms with E-state index in [0.29, 0.717) is 0 Å². The van der Waals surface area contributed by atoms with E-state index < -0.39 is 61.4 Å². The van der Waals surface area contributed by atoms with Gasteiger partial charge in [-0.25, -0.2) is 4.79 Å². The third-order valence-corrected chi connectivity index (χ3v) is 4.73. The number of hydrogen-bond acceptors (Lipinski definition) is 11. The monoisotopic (exact) mass is 438 g/mol. The van der Waals surface area contributed by atoms with Gasteiger partial charge in [0, 0.05) is 5.56 Å². The SMILES string of the molecule is O=C(OCc1cc(O)ccc1O[C@@H]1O[C@@H](CO)[C@@H](O)[C@@H](O)[C@H]1O)c1cccc(O)c1O. The molecular weight excluding hydrogens is 416 g/mol. The molecular formula is C20H22O11. The summed E-state index contributed by atoms with van der Waals surface area (Å²) in [6.45, 7) is -1.08. The van der Waals surface area contributed by atoms with Gasteiger partial charge in [-0.1, -0.05) is 6.07 Å². The molecule has 7 N–H and O–H groups in total. The lowest BCUT2D eigenvalue weighted by molar-refractivity contribution is -0.277. The second-order valence-corrected chi connectivity index (χ2v) is 6.86. The molecule has 0 amide bonds. The predicted octanol–water partition coefficient (Wildman–Crippen LogP) is -0.661. The van der Waals surface area contributed by atoms with E-state index in [1.807, 2.05) is 0 Å². The van der Waals surface area contributed by atoms with Crippen molar-refractivity contribution in [1.82, 2.24) is 0 Å². The van der Waals surface area contributed by atoms with Crippen LogP contribution >= 0.6 is 0 Å². The van der Waals surface area contributed by atoms with Crippen molar-refractivity contribution in [2.45, 2.75) is 37.3 Å². The van der Waals surface area contributed by atoms with Crippen LogP contribution in [0.15, 0.2) is 36.4 Å². The van der Waals surface area contributed by atoms with Crippen molar-refractivity contribution in [3.8, 4) is 23.0 Å². The van der Waals surface area contributed by atoms with Crippen LogP contribution in [0.1, 0.15) is 15.9 Å². The number of phenolic OH excluding ortho intramolecular Hbond substituents is 3. The van der Waals surface area contributed by atoms with Gasteiger partial charge in [-0.05, 0) is 30.3 Å². The minimum atomic E-state index is -1.66. The molecule has 2 aromatic rings. The average molecular weight is 438 g/mol. The average Bonchev–Trinajstić information content (AvgIpc) is 2.75. The van der Waals surface area contributed by atoms with Gasteiger partial charge in [0.25, 0.3) is 0 Å². The Kier molecular flexibility index (Phi) is 6.83. The minimum Gasteiger partial charge on any atom is -0.508 e. The maximum absolute atomic E-state index is 12.2. The quantitative estimate of drug-likeness (QED) is 0.224. The molecule has 0 bridgehead atoms. The van der Waals surface area contributed by atoms with E-state index in [0.717, 1.165) is 0 Å². The summed E-state index contributed by atoms with van der Waals surface area (Å²) in [6, 6.07) is 7.54. The van der Waals surface area contributed by atoms with E-state index in [4.69, 9.17) is 14.2 Å². The van der Waals surface area contributed by atoms with Gasteiger partial charge in [-0.3, -0.25) is 0 Å². The predicted molar refractivity (Wildman–Crippen MR) is 101 cm³/mol. The highest BCUT2D eigenvalue weighted by molar-refractivity contribution is 5.93. The fourth-order valence-electron chi connectivity index (χ4n) is 3.00. The summed E-state index contributed by atoms with van der Waals surface area (Å²) in [7, 11) is 0. The maximum Gasteiger partial charge on any atom is 0.342 e. The van der Waals surface area contributed by atoms with E-state index in [9.17, 15) is 40.5 Å². The third-order valence-electron chi connectivity index (χ3n) is 4.73. The van der Waals surface area contributed by atoms with Crippen LogP contribution in [0, 0.1) is 0 Å². The first kappa shape index (κ1) is 22.6. The standard InChI is InChI=1S/C20H22O11/c21-7-14-16(25)17(26)18(27)20(31-14)30-13-5-4-10(22)6-9(13)8-29-19(28)11-2-1-3-12(23)15(11)24/h1-6,14,16-18,20-27H,7-8H2/t14-,16+,17+,18+,20+/m0/s1. The van der Waals surface area contributed by atoms with Gasteiger partial charge in [0.05, 0.1) is 6.61 Å². The Bertz CT molecular complexity index is 929. The largest absolute Gasteiger partial charge is 0.508 e. The van der Waals surface area contributed by atoms with Crippen molar-refractivity contribution in [3.63, 3.8) is 0 Å². The highest BCUT2D eigenvalue weighted by Gasteiger charge is 2.44. The summed E-state index contributed by atoms with van der Waals surface area (Å²) in [5.74, 6) is -2.29. The molecule has 2 aromatic carbocycles. The zero-order chi connectivity index (χ0) is 22.7. The number of para-hydroxylation sites is 1. The van der Waals surface area contributed by atoms with Crippen LogP contribution in [0.5, 0.6) is 23.0 Å². The highest BCUT2D eigenvalue weighted by atomic mass is 16.7. The summed E-state index contributed by atoms with van der Waals surface area (Å²) < 4.78 is 15.9. The summed E-state index contributed by atoms with van der Waals surface area (Å²) in [6.07, 6.45) is -7.54. The molecule has 11 heteroatoms. The Hall–Kier alpha value is -3.09. The third kappa shape index (κ3) is 4.81. The lowest BCUT2D eigenvalue weighted by Crippen LogP contribution is -2.60. The van der Waals surface area contributed by atoms with Gasteiger partial charge in [0.2, 0.25) is 6.29 Å². The fourth-order valence-corrected chi connectivity index (χ4v) is 3.00. The number of esters is 1. The van der Waals surface area contributed by atoms with Crippen LogP contribution < -0.4 is 4.74 Å². The van der Waals surface area contributed by atoms with Crippen LogP contribution in [-0.2, 0) is 16.1 Å². The Labute approximate surface area is 175 Å². The number of aliphatic hydroxyl groups excluding tert-OH is 4. The molecule has 0 radical (unpaired) electrons. The number of aliphatic hydroxyl groups is 4. The topological polar surface area (TPSA) is 186 Å². The van der Waals surface area contributed by atoms with Crippen molar-refractivity contribution in [1.29, 1.82) is 0 Å². The second kappa shape index (κ2) is 9.37. The van der Waals surface area contributed by atoms with Crippen molar-refractivity contribution in [2.75, 3.05) is 6.61 Å². The van der Waals surface area contributed by atoms with E-state index in [1.165, 1.54) is 36.4 Å². The molecule has 1 fully saturated rings. The van der Waals surface area contributed by atoms with E-state index in [-0.39, 0.29) is 22.6 Å². The van der Waals surface area contributed by atoms with Crippen LogP contribution in [-0.4, -0.2) is 79.0 Å². The van der Waals surface area contributed by atoms with Gasteiger partial charge in [0.15, 0.2) is 11.5 Å². The molecule has 0 unspecified atom stereocenters. The van der Waals surface area contributed by atoms with Crippen molar-refractivity contribution >= 4 is 5.97 Å². The maximum atomic E-state index is 12.2. The van der Waals surface area contributed by atoms with Crippen LogP contribution in [0.2, 0.25) is 0 Å². The number of ether oxygens (including phenoxy) is 3. The lowest BCUT2D eigenvalue weighted by atomic mass is 9.99. The number of phenols is 3. The zero-order valence-corrected chi connectivity index (χ0v) is 16.0. The molecule has 1 heterocycles. The number of carbonyl (C=O) groups is 1. The minimum absolute atomic E-state index is 0.00932. The van der Waals surface area contributed by atoms with Crippen LogP contribution in [0.4, 0.5) is 0 Å². The van der Waals surface area contributed by atoms with E-state index >= 15 is 0 Å². The molecule has 3 rings (SSSR count). The highest BCUT2D eigenvalue weighted by Crippen LogP contribution is 2.31. The van der Waals surface area contributed by atoms with Gasteiger partial charge in [-0.15, -0.1) is 0 Å². The Morgan fingerprint density at radius 1 is 1.00 bits per heavy atom. The number of rotatable bonds is 6. The lowest BCUT2D eigenvalue weighted by Gasteiger charge is -2.39. The Morgan fingerprint density at radius 2 is 1.74 bits per heavy atom. The first-order valence-electron chi connectivity index (χ1n) is 9.20. The molecule has 0 saturated carbocycles. The van der Waals surface area contributed by atoms with Crippen LogP contribution in [0.3, 0.4) is 0 Å². The molecule has 11 nitrogen and oxygen atoms in total. The first-order chi connectivity index (χ1) is 14.7. The van der Waals surface area contributed by atoms with E-state index in [1.54, 1.807) is 0 Å². The van der Waals surface area contributed by atoms with Gasteiger partial charge in [0.1, 0.15) is 48.1 Å². The Balaban J connectivity index is 1.76. The van der Waals surface area contributed by atoms with Crippen molar-refractivity contribution < 1.29 is 54.8 Å². The molecule has 1 aliphatic rings. The molecule has 168 valence electrons. The Morgan fingerprint density at radius 3 is 2.45 bits per heavy atom. The molecule has 1 saturated heterocycles. The van der Waals surface area contributed by atoms with Gasteiger partial charge >= 0.3 is 5.97 Å². The molecule has 5 atom stereocenters. The summed E-state index contributed by atoms with van der Waals surface area (Å²) in [5.41, 5.74) is -0.137. The summed E-state index contributed by atoms with van der Waals surface area (Å²) >= 11 is 0. The van der Waals surface area contributed by atoms with Crippen molar-refractivity contribution in [3.05, 3.63) is 47.5 Å². The zero-order valence-electron chi connectivity index (χ0n) is 16.0. The van der Waals surface area contributed by atoms with Gasteiger partial charge < -0.3 is 50.0 Å². The second-order valence-electron chi connectivity index (χ2n) is 6.86. The molecule has 31 heavy (non-hydrogen) atoms. The smallest absolute Gasteiger partial charge is 0.342 e.